The van der Waals surface area contributed by atoms with Gasteiger partial charge in [-0.05, 0) is 56.7 Å². The molecule has 3 heterocycles. The minimum atomic E-state index is -0.932. The van der Waals surface area contributed by atoms with E-state index in [4.69, 9.17) is 28.4 Å². The second-order valence-electron chi connectivity index (χ2n) is 10.8. The summed E-state index contributed by atoms with van der Waals surface area (Å²) in [6, 6.07) is 21.2. The van der Waals surface area contributed by atoms with Crippen LogP contribution in [0.5, 0.6) is 17.2 Å². The van der Waals surface area contributed by atoms with Gasteiger partial charge in [0.05, 0.1) is 59.3 Å². The van der Waals surface area contributed by atoms with Crippen molar-refractivity contribution in [3.63, 3.8) is 0 Å². The van der Waals surface area contributed by atoms with Gasteiger partial charge in [0.1, 0.15) is 17.3 Å². The quantitative estimate of drug-likeness (QED) is 0.0884. The monoisotopic (exact) mass is 695 g/mol. The van der Waals surface area contributed by atoms with E-state index in [1.165, 1.54) is 29.9 Å². The van der Waals surface area contributed by atoms with Crippen LogP contribution in [0.4, 0.5) is 5.69 Å². The minimum Gasteiger partial charge on any atom is -0.496 e. The third-order valence-electron chi connectivity index (χ3n) is 7.82. The van der Waals surface area contributed by atoms with E-state index in [1.54, 1.807) is 43.3 Å². The zero-order chi connectivity index (χ0) is 35.4. The zero-order valence-corrected chi connectivity index (χ0v) is 28.5. The molecule has 0 amide bonds. The van der Waals surface area contributed by atoms with Crippen molar-refractivity contribution < 1.29 is 33.1 Å². The molecule has 1 unspecified atom stereocenters. The molecule has 3 aromatic carbocycles. The van der Waals surface area contributed by atoms with Gasteiger partial charge in [-0.1, -0.05) is 47.7 Å². The van der Waals surface area contributed by atoms with Crippen LogP contribution < -0.4 is 29.1 Å². The summed E-state index contributed by atoms with van der Waals surface area (Å²) in [6.45, 7) is 6.36. The van der Waals surface area contributed by atoms with Crippen LogP contribution in [-0.2, 0) is 9.53 Å². The molecule has 0 aliphatic carbocycles. The number of fused-ring (bicyclic) bond motifs is 1. The summed E-state index contributed by atoms with van der Waals surface area (Å²) < 4.78 is 30.5. The smallest absolute Gasteiger partial charge is 0.338 e. The summed E-state index contributed by atoms with van der Waals surface area (Å²) in [4.78, 5) is 44.4. The van der Waals surface area contributed by atoms with Crippen molar-refractivity contribution in [1.82, 2.24) is 4.57 Å². The van der Waals surface area contributed by atoms with Crippen molar-refractivity contribution >= 4 is 34.8 Å². The Kier molecular flexibility index (Phi) is 9.95. The molecule has 0 saturated heterocycles. The fourth-order valence-corrected chi connectivity index (χ4v) is 6.68. The van der Waals surface area contributed by atoms with Crippen LogP contribution >= 0.6 is 11.3 Å². The van der Waals surface area contributed by atoms with E-state index >= 15 is 0 Å². The third-order valence-corrected chi connectivity index (χ3v) is 8.80. The molecule has 2 aromatic heterocycles. The van der Waals surface area contributed by atoms with Crippen molar-refractivity contribution in [3.05, 3.63) is 131 Å². The first-order chi connectivity index (χ1) is 24.3. The van der Waals surface area contributed by atoms with Crippen molar-refractivity contribution in [1.29, 1.82) is 0 Å². The summed E-state index contributed by atoms with van der Waals surface area (Å²) in [5.74, 6) is 1.42. The number of furan rings is 1. The molecule has 1 aliphatic heterocycles. The predicted octanol–water partition coefficient (Wildman–Crippen LogP) is 5.91. The lowest BCUT2D eigenvalue weighted by atomic mass is 9.93. The summed E-state index contributed by atoms with van der Waals surface area (Å²) in [5, 5.41) is 11.4. The van der Waals surface area contributed by atoms with Gasteiger partial charge in [-0.3, -0.25) is 19.5 Å². The number of carbonyl (C=O) groups excluding carboxylic acids is 1. The number of carbonyl (C=O) groups is 1. The highest BCUT2D eigenvalue weighted by Crippen LogP contribution is 2.39. The Bertz CT molecular complexity index is 2290. The number of rotatable bonds is 12. The lowest BCUT2D eigenvalue weighted by molar-refractivity contribution is -0.384. The molecule has 1 aliphatic rings. The maximum Gasteiger partial charge on any atom is 0.338 e. The minimum absolute atomic E-state index is 0.116. The van der Waals surface area contributed by atoms with Gasteiger partial charge in [-0.15, -0.1) is 0 Å². The molecule has 0 bridgehead atoms. The van der Waals surface area contributed by atoms with Gasteiger partial charge in [-0.2, -0.15) is 0 Å². The molecule has 5 aromatic rings. The van der Waals surface area contributed by atoms with Crippen molar-refractivity contribution in [2.45, 2.75) is 26.8 Å². The fourth-order valence-electron chi connectivity index (χ4n) is 5.70. The average Bonchev–Trinajstić information content (AvgIpc) is 3.72. The molecule has 0 fully saturated rings. The van der Waals surface area contributed by atoms with Gasteiger partial charge < -0.3 is 23.4 Å². The van der Waals surface area contributed by atoms with Gasteiger partial charge in [0, 0.05) is 23.8 Å². The third kappa shape index (κ3) is 6.54. The number of esters is 1. The molecule has 50 heavy (non-hydrogen) atoms. The molecule has 13 heteroatoms. The Hall–Kier alpha value is -5.95. The Morgan fingerprint density at radius 1 is 0.960 bits per heavy atom. The van der Waals surface area contributed by atoms with Crippen LogP contribution in [0, 0.1) is 10.1 Å². The molecular weight excluding hydrogens is 662 g/mol. The summed E-state index contributed by atoms with van der Waals surface area (Å²) in [6.07, 6.45) is 1.58. The number of ether oxygens (including phenoxy) is 4. The Balaban J connectivity index is 1.56. The van der Waals surface area contributed by atoms with Crippen LogP contribution in [0.25, 0.3) is 23.1 Å². The Labute approximate surface area is 290 Å². The highest BCUT2D eigenvalue weighted by Gasteiger charge is 2.35. The standard InChI is InChI=1S/C37H33N3O9S/c1-5-46-29-16-13-23(19-30(29)47-6-2)34-32(36(42)48-7-3)33(22-11-9-8-10-12-22)38-37-39(34)35(41)31(50-37)21-25-15-18-28(49-25)26-20-24(40(43)44)14-17-27(26)45-4/h8-21,34H,5-7H2,1-4H3. The van der Waals surface area contributed by atoms with E-state index in [0.29, 0.717) is 69.2 Å². The second-order valence-corrected chi connectivity index (χ2v) is 11.9. The van der Waals surface area contributed by atoms with Crippen LogP contribution in [0.3, 0.4) is 0 Å². The average molecular weight is 696 g/mol. The van der Waals surface area contributed by atoms with E-state index in [1.807, 2.05) is 44.2 Å². The molecule has 0 N–H and O–H groups in total. The number of nitro benzene ring substituents is 1. The molecule has 256 valence electrons. The molecule has 0 saturated carbocycles. The lowest BCUT2D eigenvalue weighted by Crippen LogP contribution is -2.40. The maximum absolute atomic E-state index is 14.4. The Morgan fingerprint density at radius 3 is 2.40 bits per heavy atom. The number of benzene rings is 3. The van der Waals surface area contributed by atoms with Gasteiger partial charge in [-0.25, -0.2) is 9.79 Å². The summed E-state index contributed by atoms with van der Waals surface area (Å²) in [7, 11) is 1.46. The summed E-state index contributed by atoms with van der Waals surface area (Å²) >= 11 is 1.14. The number of nitro groups is 1. The highest BCUT2D eigenvalue weighted by molar-refractivity contribution is 7.07. The molecule has 0 spiro atoms. The second kappa shape index (κ2) is 14.7. The molecule has 12 nitrogen and oxygen atoms in total. The number of nitrogens with zero attached hydrogens (tertiary/aromatic N) is 3. The number of hydrogen-bond acceptors (Lipinski definition) is 11. The highest BCUT2D eigenvalue weighted by atomic mass is 32.1. The van der Waals surface area contributed by atoms with Crippen LogP contribution in [0.15, 0.2) is 98.6 Å². The number of methoxy groups -OCH3 is 1. The first kappa shape index (κ1) is 33.9. The van der Waals surface area contributed by atoms with E-state index < -0.39 is 22.5 Å². The largest absolute Gasteiger partial charge is 0.496 e. The van der Waals surface area contributed by atoms with Crippen molar-refractivity contribution in [2.75, 3.05) is 26.9 Å². The first-order valence-electron chi connectivity index (χ1n) is 15.9. The fraction of sp³-hybridized carbons (Fsp3) is 0.216. The molecule has 6 rings (SSSR count). The summed E-state index contributed by atoms with van der Waals surface area (Å²) in [5.41, 5.74) is 1.69. The lowest BCUT2D eigenvalue weighted by Gasteiger charge is -2.26. The van der Waals surface area contributed by atoms with Gasteiger partial charge in [0.2, 0.25) is 0 Å². The SMILES string of the molecule is CCOC(=O)C1=C(c2ccccc2)N=c2sc(=Cc3ccc(-c4cc([N+](=O)[O-])ccc4OC)o3)c(=O)n2C1c1ccc(OCC)c(OCC)c1. The zero-order valence-electron chi connectivity index (χ0n) is 27.7. The molecule has 0 radical (unpaired) electrons. The number of hydrogen-bond donors (Lipinski definition) is 0. The van der Waals surface area contributed by atoms with Crippen LogP contribution in [0.2, 0.25) is 0 Å². The van der Waals surface area contributed by atoms with E-state index in [9.17, 15) is 19.7 Å². The topological polar surface area (TPSA) is 145 Å². The number of thiazole rings is 1. The maximum atomic E-state index is 14.4. The van der Waals surface area contributed by atoms with Crippen molar-refractivity contribution in [2.24, 2.45) is 4.99 Å². The van der Waals surface area contributed by atoms with Crippen LogP contribution in [-0.4, -0.2) is 42.4 Å². The van der Waals surface area contributed by atoms with E-state index in [0.717, 1.165) is 11.3 Å². The normalized spacial score (nSPS) is 14.2. The van der Waals surface area contributed by atoms with Gasteiger partial charge in [0.15, 0.2) is 16.3 Å². The van der Waals surface area contributed by atoms with E-state index in [2.05, 4.69) is 0 Å². The van der Waals surface area contributed by atoms with Gasteiger partial charge >= 0.3 is 5.97 Å². The molecule has 1 atom stereocenters. The number of non-ortho nitro benzene ring substituents is 1. The van der Waals surface area contributed by atoms with Gasteiger partial charge in [0.25, 0.3) is 11.2 Å². The van der Waals surface area contributed by atoms with E-state index in [-0.39, 0.29) is 22.4 Å². The number of aromatic nitrogens is 1. The molecular formula is C37H33N3O9S. The Morgan fingerprint density at radius 2 is 1.70 bits per heavy atom. The van der Waals surface area contributed by atoms with Crippen LogP contribution in [0.1, 0.15) is 43.7 Å². The predicted molar refractivity (Wildman–Crippen MR) is 187 cm³/mol. The first-order valence-corrected chi connectivity index (χ1v) is 16.7. The van der Waals surface area contributed by atoms with Crippen molar-refractivity contribution in [3.8, 4) is 28.6 Å².